The molecule has 0 amide bonds. The number of pyridine rings is 2. The first-order valence-corrected chi connectivity index (χ1v) is 25.0. The summed E-state index contributed by atoms with van der Waals surface area (Å²) in [4.78, 5) is 40.3. The van der Waals surface area contributed by atoms with Gasteiger partial charge in [-0.05, 0) is 141 Å². The van der Waals surface area contributed by atoms with E-state index in [1.54, 1.807) is 42.7 Å². The molecule has 0 atom stereocenters. The molecule has 0 radical (unpaired) electrons. The summed E-state index contributed by atoms with van der Waals surface area (Å²) < 4.78 is 114. The van der Waals surface area contributed by atoms with Gasteiger partial charge in [0.05, 0.1) is 13.2 Å². The van der Waals surface area contributed by atoms with Gasteiger partial charge in [0, 0.05) is 49.9 Å². The topological polar surface area (TPSA) is 181 Å². The summed E-state index contributed by atoms with van der Waals surface area (Å²) in [6.07, 6.45) is 7.20. The highest BCUT2D eigenvalue weighted by Crippen LogP contribution is 2.34. The second-order valence-corrected chi connectivity index (χ2v) is 20.0. The van der Waals surface area contributed by atoms with E-state index in [4.69, 9.17) is 28.7 Å². The average molecular weight is 993 g/mol. The smallest absolute Gasteiger partial charge is 0.373 e. The third kappa shape index (κ3) is 16.7. The van der Waals surface area contributed by atoms with E-state index < -0.39 is 31.3 Å². The number of hydrogen-bond donors (Lipinski definition) is 0. The summed E-state index contributed by atoms with van der Waals surface area (Å²) in [5.41, 5.74) is 8.54. The lowest BCUT2D eigenvalue weighted by Gasteiger charge is -2.17. The van der Waals surface area contributed by atoms with Gasteiger partial charge in [0.2, 0.25) is 11.8 Å². The van der Waals surface area contributed by atoms with E-state index in [9.17, 15) is 34.4 Å². The first kappa shape index (κ1) is 56.5. The van der Waals surface area contributed by atoms with Gasteiger partial charge in [0.25, 0.3) is 0 Å². The van der Waals surface area contributed by atoms with Crippen LogP contribution in [0, 0.1) is 30.2 Å². The highest BCUT2D eigenvalue weighted by molar-refractivity contribution is 7.91. The summed E-state index contributed by atoms with van der Waals surface area (Å²) in [7, 11) is -7.29. The molecule has 69 heavy (non-hydrogen) atoms. The number of hydrogen-bond acceptors (Lipinski definition) is 12. The number of aromatic nitrogens is 2. The molecule has 6 aromatic rings. The van der Waals surface area contributed by atoms with Gasteiger partial charge in [0.15, 0.2) is 19.7 Å². The van der Waals surface area contributed by atoms with Gasteiger partial charge < -0.3 is 9.47 Å². The maximum absolute atomic E-state index is 14.3. The Balaban J connectivity index is 0.000000328. The quantitative estimate of drug-likeness (QED) is 0.0890. The predicted molar refractivity (Wildman–Crippen MR) is 249 cm³/mol. The van der Waals surface area contributed by atoms with Crippen molar-refractivity contribution in [2.45, 2.75) is 82.4 Å². The minimum absolute atomic E-state index is 0.194. The molecule has 0 N–H and O–H groups in total. The van der Waals surface area contributed by atoms with Crippen LogP contribution < -0.4 is 9.47 Å². The largest absolute Gasteiger partial charge is 0.477 e. The normalized spacial score (nSPS) is 10.9. The van der Waals surface area contributed by atoms with Crippen molar-refractivity contribution in [1.82, 2.24) is 9.97 Å². The Labute approximate surface area is 399 Å². The van der Waals surface area contributed by atoms with Gasteiger partial charge in [-0.25, -0.2) is 44.4 Å². The fourth-order valence-corrected chi connectivity index (χ4v) is 8.83. The van der Waals surface area contributed by atoms with Gasteiger partial charge in [0.1, 0.15) is 33.1 Å². The molecule has 4 aromatic carbocycles. The van der Waals surface area contributed by atoms with Crippen molar-refractivity contribution in [2.75, 3.05) is 25.7 Å². The summed E-state index contributed by atoms with van der Waals surface area (Å²) in [6, 6.07) is 21.3. The molecule has 0 saturated carbocycles. The van der Waals surface area contributed by atoms with Crippen LogP contribution in [0.25, 0.3) is 22.3 Å². The molecular formula is C51H52F4N2O10S2. The van der Waals surface area contributed by atoms with Crippen LogP contribution in [0.15, 0.2) is 107 Å². The molecule has 2 aromatic heterocycles. The van der Waals surface area contributed by atoms with Crippen molar-refractivity contribution in [3.63, 3.8) is 0 Å². The van der Waals surface area contributed by atoms with Crippen molar-refractivity contribution in [2.24, 2.45) is 0 Å². The predicted octanol–water partition coefficient (Wildman–Crippen LogP) is 10.1. The fraction of sp³-hybridized carbons (Fsp3) is 0.294. The molecule has 366 valence electrons. The van der Waals surface area contributed by atoms with Gasteiger partial charge in [-0.2, -0.15) is 19.2 Å². The Kier molecular flexibility index (Phi) is 21.3. The van der Waals surface area contributed by atoms with E-state index in [0.717, 1.165) is 75.6 Å². The first-order valence-electron chi connectivity index (χ1n) is 21.3. The van der Waals surface area contributed by atoms with Crippen molar-refractivity contribution >= 4 is 32.0 Å². The van der Waals surface area contributed by atoms with Crippen LogP contribution in [-0.2, 0) is 58.1 Å². The number of carbonyl (C=O) groups excluding carboxylic acids is 4. The van der Waals surface area contributed by atoms with Crippen molar-refractivity contribution in [1.29, 1.82) is 0 Å². The number of rotatable bonds is 15. The zero-order valence-corrected chi connectivity index (χ0v) is 40.9. The third-order valence-corrected chi connectivity index (χ3v) is 12.6. The SMILES string of the molecule is CCc1c(-c2ccnc(OCCc3ccc(F)c(S(C)(=O)=O)c3)c2)cc(F)cc1C(C)C.Cc1c(-c2ccnc(OCCc3ccc(F)c(S(C)(=O)=O)c3)c2)cc(F)cc1C(C)C.O=C=O.O=C=O. The summed E-state index contributed by atoms with van der Waals surface area (Å²) in [5, 5.41) is 0. The highest BCUT2D eigenvalue weighted by Gasteiger charge is 2.18. The maximum Gasteiger partial charge on any atom is 0.373 e. The van der Waals surface area contributed by atoms with Gasteiger partial charge in [-0.1, -0.05) is 46.8 Å². The van der Waals surface area contributed by atoms with E-state index in [-0.39, 0.29) is 58.8 Å². The van der Waals surface area contributed by atoms with Crippen LogP contribution in [0.1, 0.15) is 79.8 Å². The molecule has 0 aliphatic heterocycles. The van der Waals surface area contributed by atoms with E-state index >= 15 is 0 Å². The Morgan fingerprint density at radius 2 is 0.957 bits per heavy atom. The molecule has 6 rings (SSSR count). The Morgan fingerprint density at radius 3 is 1.35 bits per heavy atom. The first-order chi connectivity index (χ1) is 32.5. The number of sulfone groups is 2. The highest BCUT2D eigenvalue weighted by atomic mass is 32.2. The van der Waals surface area contributed by atoms with Crippen LogP contribution in [0.3, 0.4) is 0 Å². The maximum atomic E-state index is 14.3. The molecule has 0 saturated heterocycles. The summed E-state index contributed by atoms with van der Waals surface area (Å²) in [5.74, 6) is -0.964. The number of ether oxygens (including phenoxy) is 2. The standard InChI is InChI=1S/C25H27F2NO3S.C24H25F2NO3S.2CO2/c1-5-20-21(16(2)3)14-19(26)15-22(20)18-8-10-28-25(13-18)31-11-9-17-6-7-23(27)24(12-17)32(4,29)30;1-15(2)20-13-19(25)14-21(16(20)3)18-7-9-27-24(12-18)30-10-8-17-5-6-22(26)23(11-17)31(4,28)29;2*2-1-3/h6-8,10,12-16H,5,9,11H2,1-4H3;5-7,9,11-15H,8,10H2,1-4H3;;. The lowest BCUT2D eigenvalue weighted by atomic mass is 9.89. The monoisotopic (exact) mass is 992 g/mol. The molecular weight excluding hydrogens is 941 g/mol. The second kappa shape index (κ2) is 26.1. The lowest BCUT2D eigenvalue weighted by Crippen LogP contribution is -2.06. The lowest BCUT2D eigenvalue weighted by molar-refractivity contribution is -0.193. The Morgan fingerprint density at radius 1 is 0.565 bits per heavy atom. The average Bonchev–Trinajstić information content (AvgIpc) is 3.28. The minimum Gasteiger partial charge on any atom is -0.477 e. The molecule has 2 heterocycles. The third-order valence-electron chi connectivity index (χ3n) is 10.4. The zero-order chi connectivity index (χ0) is 51.6. The van der Waals surface area contributed by atoms with Crippen molar-refractivity contribution in [3.05, 3.63) is 154 Å². The van der Waals surface area contributed by atoms with E-state index in [2.05, 4.69) is 16.9 Å². The van der Waals surface area contributed by atoms with Crippen molar-refractivity contribution < 1.29 is 63.0 Å². The Bertz CT molecular complexity index is 3010. The van der Waals surface area contributed by atoms with Gasteiger partial charge >= 0.3 is 12.3 Å². The van der Waals surface area contributed by atoms with Gasteiger partial charge in [-0.3, -0.25) is 0 Å². The van der Waals surface area contributed by atoms with Gasteiger partial charge in [-0.15, -0.1) is 0 Å². The molecule has 0 fully saturated rings. The number of nitrogens with zero attached hydrogens (tertiary/aromatic N) is 2. The second-order valence-electron chi connectivity index (χ2n) is 16.1. The molecule has 0 aliphatic carbocycles. The van der Waals surface area contributed by atoms with Crippen molar-refractivity contribution in [3.8, 4) is 34.0 Å². The van der Waals surface area contributed by atoms with Crippen LogP contribution in [0.4, 0.5) is 17.6 Å². The van der Waals surface area contributed by atoms with Crippen LogP contribution >= 0.6 is 0 Å². The molecule has 12 nitrogen and oxygen atoms in total. The van der Waals surface area contributed by atoms with Crippen LogP contribution in [0.2, 0.25) is 0 Å². The number of halogens is 4. The number of benzene rings is 4. The molecule has 0 spiro atoms. The molecule has 18 heteroatoms. The zero-order valence-electron chi connectivity index (χ0n) is 39.2. The molecule has 0 aliphatic rings. The summed E-state index contributed by atoms with van der Waals surface area (Å²) >= 11 is 0. The van der Waals surface area contributed by atoms with Crippen LogP contribution in [0.5, 0.6) is 11.8 Å². The van der Waals surface area contributed by atoms with E-state index in [1.165, 1.54) is 36.4 Å². The minimum atomic E-state index is -3.65. The molecule has 0 unspecified atom stereocenters. The van der Waals surface area contributed by atoms with Crippen LogP contribution in [-0.4, -0.2) is 64.8 Å². The summed E-state index contributed by atoms with van der Waals surface area (Å²) in [6.45, 7) is 12.6. The molecule has 0 bridgehead atoms. The fourth-order valence-electron chi connectivity index (χ4n) is 7.26. The van der Waals surface area contributed by atoms with E-state index in [1.807, 2.05) is 40.7 Å². The van der Waals surface area contributed by atoms with E-state index in [0.29, 0.717) is 35.7 Å². The Hall–Kier alpha value is -6.84.